The summed E-state index contributed by atoms with van der Waals surface area (Å²) >= 11 is 0. The molecule has 2 aromatic rings. The number of aryl methyl sites for hydroxylation is 2. The van der Waals surface area contributed by atoms with Gasteiger partial charge in [0.2, 0.25) is 5.91 Å². The Kier molecular flexibility index (Phi) is 3.31. The Labute approximate surface area is 119 Å². The highest BCUT2D eigenvalue weighted by molar-refractivity contribution is 5.93. The van der Waals surface area contributed by atoms with Crippen LogP contribution >= 0.6 is 0 Å². The second-order valence-corrected chi connectivity index (χ2v) is 5.59. The number of benzene rings is 2. The number of nitrogens with one attached hydrogen (secondary N) is 1. The van der Waals surface area contributed by atoms with Crippen molar-refractivity contribution < 1.29 is 4.79 Å². The fourth-order valence-corrected chi connectivity index (χ4v) is 3.03. The number of anilines is 1. The highest BCUT2D eigenvalue weighted by Crippen LogP contribution is 2.38. The lowest BCUT2D eigenvalue weighted by molar-refractivity contribution is -0.116. The first-order valence-electron chi connectivity index (χ1n) is 7.11. The van der Waals surface area contributed by atoms with Crippen molar-refractivity contribution in [2.75, 3.05) is 5.32 Å². The van der Waals surface area contributed by atoms with Crippen molar-refractivity contribution in [2.45, 2.75) is 32.6 Å². The fraction of sp³-hybridized carbons (Fsp3) is 0.278. The summed E-state index contributed by atoms with van der Waals surface area (Å²) in [6.45, 7) is 4.20. The van der Waals surface area contributed by atoms with Gasteiger partial charge in [0.1, 0.15) is 0 Å². The Morgan fingerprint density at radius 3 is 2.65 bits per heavy atom. The second-order valence-electron chi connectivity index (χ2n) is 5.59. The minimum atomic E-state index is 0.118. The molecule has 2 heteroatoms. The van der Waals surface area contributed by atoms with E-state index in [0.29, 0.717) is 12.3 Å². The third kappa shape index (κ3) is 2.34. The van der Waals surface area contributed by atoms with Gasteiger partial charge in [-0.15, -0.1) is 0 Å². The molecule has 102 valence electrons. The van der Waals surface area contributed by atoms with Crippen LogP contribution in [-0.2, 0) is 4.79 Å². The van der Waals surface area contributed by atoms with Gasteiger partial charge in [-0.3, -0.25) is 4.79 Å². The number of fused-ring (bicyclic) bond motifs is 1. The molecule has 0 fully saturated rings. The van der Waals surface area contributed by atoms with Crippen molar-refractivity contribution in [3.8, 4) is 0 Å². The van der Waals surface area contributed by atoms with Gasteiger partial charge in [0, 0.05) is 18.0 Å². The summed E-state index contributed by atoms with van der Waals surface area (Å²) in [5.41, 5.74) is 6.00. The highest BCUT2D eigenvalue weighted by Gasteiger charge is 2.24. The smallest absolute Gasteiger partial charge is 0.224 e. The van der Waals surface area contributed by atoms with Crippen molar-refractivity contribution in [2.24, 2.45) is 0 Å². The Morgan fingerprint density at radius 1 is 1.05 bits per heavy atom. The SMILES string of the molecule is Cc1ccc2c(c1)NC(=O)CCC2c1ccccc1C. The van der Waals surface area contributed by atoms with Crippen molar-refractivity contribution in [3.63, 3.8) is 0 Å². The predicted molar refractivity (Wildman–Crippen MR) is 82.1 cm³/mol. The van der Waals surface area contributed by atoms with Gasteiger partial charge in [-0.2, -0.15) is 0 Å². The first-order valence-corrected chi connectivity index (χ1v) is 7.11. The molecule has 0 aromatic heterocycles. The number of carbonyl (C=O) groups excluding carboxylic acids is 1. The molecule has 2 nitrogen and oxygen atoms in total. The minimum absolute atomic E-state index is 0.118. The molecule has 20 heavy (non-hydrogen) atoms. The molecule has 3 rings (SSSR count). The van der Waals surface area contributed by atoms with E-state index in [1.807, 2.05) is 0 Å². The summed E-state index contributed by atoms with van der Waals surface area (Å²) < 4.78 is 0. The van der Waals surface area contributed by atoms with Crippen LogP contribution in [0.2, 0.25) is 0 Å². The van der Waals surface area contributed by atoms with Crippen LogP contribution in [0.3, 0.4) is 0 Å². The molecule has 1 aliphatic heterocycles. The lowest BCUT2D eigenvalue weighted by atomic mass is 9.85. The lowest BCUT2D eigenvalue weighted by Gasteiger charge is -2.20. The van der Waals surface area contributed by atoms with Crippen LogP contribution in [0, 0.1) is 13.8 Å². The minimum Gasteiger partial charge on any atom is -0.326 e. The fourth-order valence-electron chi connectivity index (χ4n) is 3.03. The first-order chi connectivity index (χ1) is 9.65. The van der Waals surface area contributed by atoms with Crippen molar-refractivity contribution >= 4 is 11.6 Å². The molecule has 1 N–H and O–H groups in total. The van der Waals surface area contributed by atoms with Gasteiger partial charge in [0.05, 0.1) is 0 Å². The molecule has 1 amide bonds. The summed E-state index contributed by atoms with van der Waals surface area (Å²) in [7, 11) is 0. The zero-order valence-corrected chi connectivity index (χ0v) is 11.9. The van der Waals surface area contributed by atoms with E-state index >= 15 is 0 Å². The van der Waals surface area contributed by atoms with Gasteiger partial charge in [0.15, 0.2) is 0 Å². The van der Waals surface area contributed by atoms with Gasteiger partial charge < -0.3 is 5.32 Å². The molecule has 0 spiro atoms. The molecule has 2 aromatic carbocycles. The number of hydrogen-bond acceptors (Lipinski definition) is 1. The maximum absolute atomic E-state index is 11.9. The van der Waals surface area contributed by atoms with Gasteiger partial charge in [-0.05, 0) is 48.6 Å². The Bertz CT molecular complexity index is 660. The van der Waals surface area contributed by atoms with E-state index in [9.17, 15) is 4.79 Å². The highest BCUT2D eigenvalue weighted by atomic mass is 16.1. The third-order valence-electron chi connectivity index (χ3n) is 4.08. The molecular formula is C18H19NO. The van der Waals surface area contributed by atoms with Gasteiger partial charge in [-0.25, -0.2) is 0 Å². The third-order valence-corrected chi connectivity index (χ3v) is 4.08. The largest absolute Gasteiger partial charge is 0.326 e. The lowest BCUT2D eigenvalue weighted by Crippen LogP contribution is -2.09. The molecule has 0 bridgehead atoms. The summed E-state index contributed by atoms with van der Waals surface area (Å²) in [4.78, 5) is 11.9. The van der Waals surface area contributed by atoms with Crippen molar-refractivity contribution in [1.82, 2.24) is 0 Å². The second kappa shape index (κ2) is 5.12. The van der Waals surface area contributed by atoms with E-state index in [4.69, 9.17) is 0 Å². The summed E-state index contributed by atoms with van der Waals surface area (Å²) in [5, 5.41) is 3.04. The normalized spacial score (nSPS) is 18.1. The van der Waals surface area contributed by atoms with Gasteiger partial charge in [-0.1, -0.05) is 36.4 Å². The van der Waals surface area contributed by atoms with Crippen LogP contribution < -0.4 is 5.32 Å². The van der Waals surface area contributed by atoms with E-state index in [-0.39, 0.29) is 5.91 Å². The van der Waals surface area contributed by atoms with Crippen LogP contribution in [0.25, 0.3) is 0 Å². The first kappa shape index (κ1) is 12.9. The van der Waals surface area contributed by atoms with E-state index in [1.165, 1.54) is 22.3 Å². The standard InChI is InChI=1S/C18H19NO/c1-12-7-8-16-15(14-6-4-3-5-13(14)2)9-10-18(20)19-17(16)11-12/h3-8,11,15H,9-10H2,1-2H3,(H,19,20). The molecule has 0 radical (unpaired) electrons. The van der Waals surface area contributed by atoms with Crippen LogP contribution in [0.15, 0.2) is 42.5 Å². The van der Waals surface area contributed by atoms with E-state index in [2.05, 4.69) is 61.6 Å². The van der Waals surface area contributed by atoms with Crippen LogP contribution in [0.1, 0.15) is 41.0 Å². The molecule has 1 unspecified atom stereocenters. The molecular weight excluding hydrogens is 246 g/mol. The average Bonchev–Trinajstić information content (AvgIpc) is 2.57. The van der Waals surface area contributed by atoms with E-state index in [1.54, 1.807) is 0 Å². The summed E-state index contributed by atoms with van der Waals surface area (Å²) in [6.07, 6.45) is 1.44. The molecule has 0 saturated heterocycles. The topological polar surface area (TPSA) is 29.1 Å². The zero-order valence-electron chi connectivity index (χ0n) is 11.9. The number of carbonyl (C=O) groups is 1. The number of rotatable bonds is 1. The molecule has 1 heterocycles. The Morgan fingerprint density at radius 2 is 1.85 bits per heavy atom. The number of hydrogen-bond donors (Lipinski definition) is 1. The quantitative estimate of drug-likeness (QED) is 0.824. The van der Waals surface area contributed by atoms with Gasteiger partial charge in [0.25, 0.3) is 0 Å². The Hall–Kier alpha value is -2.09. The van der Waals surface area contributed by atoms with Crippen molar-refractivity contribution in [1.29, 1.82) is 0 Å². The summed E-state index contributed by atoms with van der Waals surface area (Å²) in [5.74, 6) is 0.415. The van der Waals surface area contributed by atoms with E-state index < -0.39 is 0 Å². The maximum Gasteiger partial charge on any atom is 0.224 e. The molecule has 1 atom stereocenters. The molecule has 1 aliphatic rings. The van der Waals surface area contributed by atoms with Crippen LogP contribution in [0.5, 0.6) is 0 Å². The van der Waals surface area contributed by atoms with Gasteiger partial charge >= 0.3 is 0 Å². The predicted octanol–water partition coefficient (Wildman–Crippen LogP) is 4.17. The van der Waals surface area contributed by atoms with Crippen LogP contribution in [0.4, 0.5) is 5.69 Å². The van der Waals surface area contributed by atoms with Crippen LogP contribution in [-0.4, -0.2) is 5.91 Å². The van der Waals surface area contributed by atoms with Crippen molar-refractivity contribution in [3.05, 3.63) is 64.7 Å². The molecule has 0 saturated carbocycles. The maximum atomic E-state index is 11.9. The monoisotopic (exact) mass is 265 g/mol. The zero-order chi connectivity index (χ0) is 14.1. The molecule has 0 aliphatic carbocycles. The summed E-state index contributed by atoms with van der Waals surface area (Å²) in [6, 6.07) is 14.8. The number of amides is 1. The van der Waals surface area contributed by atoms with E-state index in [0.717, 1.165) is 12.1 Å². The average molecular weight is 265 g/mol. The Balaban J connectivity index is 2.13.